The highest BCUT2D eigenvalue weighted by Gasteiger charge is 2.07. The van der Waals surface area contributed by atoms with E-state index in [0.29, 0.717) is 5.92 Å². The highest BCUT2D eigenvalue weighted by atomic mass is 14.9. The minimum absolute atomic E-state index is 0.209. The van der Waals surface area contributed by atoms with Crippen molar-refractivity contribution >= 4 is 0 Å². The van der Waals surface area contributed by atoms with Crippen LogP contribution in [0.4, 0.5) is 0 Å². The van der Waals surface area contributed by atoms with Gasteiger partial charge in [0, 0.05) is 30.3 Å². The van der Waals surface area contributed by atoms with E-state index in [0.717, 1.165) is 36.5 Å². The zero-order chi connectivity index (χ0) is 12.1. The van der Waals surface area contributed by atoms with Crippen molar-refractivity contribution in [3.63, 3.8) is 0 Å². The lowest BCUT2D eigenvalue weighted by Crippen LogP contribution is -2.22. The second-order valence-corrected chi connectivity index (χ2v) is 4.89. The van der Waals surface area contributed by atoms with Gasteiger partial charge in [0.2, 0.25) is 0 Å². The van der Waals surface area contributed by atoms with Gasteiger partial charge in [-0.15, -0.1) is 0 Å². The van der Waals surface area contributed by atoms with Crippen LogP contribution < -0.4 is 5.73 Å². The van der Waals surface area contributed by atoms with E-state index >= 15 is 0 Å². The van der Waals surface area contributed by atoms with Gasteiger partial charge in [-0.2, -0.15) is 0 Å². The zero-order valence-corrected chi connectivity index (χ0v) is 10.8. The molecule has 1 rings (SSSR count). The van der Waals surface area contributed by atoms with E-state index in [1.54, 1.807) is 0 Å². The molecule has 0 aromatic carbocycles. The first-order valence-corrected chi connectivity index (χ1v) is 6.10. The van der Waals surface area contributed by atoms with Crippen molar-refractivity contribution in [2.45, 2.75) is 53.0 Å². The third-order valence-corrected chi connectivity index (χ3v) is 2.54. The minimum atomic E-state index is 0.209. The first kappa shape index (κ1) is 13.1. The molecule has 1 aromatic heterocycles. The molecule has 1 atom stereocenters. The van der Waals surface area contributed by atoms with Gasteiger partial charge >= 0.3 is 0 Å². The van der Waals surface area contributed by atoms with Gasteiger partial charge in [-0.05, 0) is 25.3 Å². The molecule has 0 aliphatic heterocycles. The average molecular weight is 221 g/mol. The monoisotopic (exact) mass is 221 g/mol. The molecular weight excluding hydrogens is 198 g/mol. The van der Waals surface area contributed by atoms with Gasteiger partial charge in [0.15, 0.2) is 0 Å². The van der Waals surface area contributed by atoms with Crippen LogP contribution in [0.5, 0.6) is 0 Å². The van der Waals surface area contributed by atoms with Crippen LogP contribution in [0.2, 0.25) is 0 Å². The van der Waals surface area contributed by atoms with Gasteiger partial charge in [0.1, 0.15) is 5.82 Å². The number of nitrogens with two attached hydrogens (primary N) is 1. The fourth-order valence-electron chi connectivity index (χ4n) is 1.67. The Labute approximate surface area is 98.5 Å². The molecule has 1 aromatic rings. The first-order valence-electron chi connectivity index (χ1n) is 6.10. The predicted molar refractivity (Wildman–Crippen MR) is 67.3 cm³/mol. The fourth-order valence-corrected chi connectivity index (χ4v) is 1.67. The summed E-state index contributed by atoms with van der Waals surface area (Å²) in [5.74, 6) is 1.54. The molecule has 0 fully saturated rings. The second kappa shape index (κ2) is 5.94. The van der Waals surface area contributed by atoms with E-state index in [-0.39, 0.29) is 6.04 Å². The second-order valence-electron chi connectivity index (χ2n) is 4.89. The molecule has 16 heavy (non-hydrogen) atoms. The van der Waals surface area contributed by atoms with Crippen LogP contribution in [0.3, 0.4) is 0 Å². The number of aryl methyl sites for hydroxylation is 1. The molecule has 2 N–H and O–H groups in total. The molecular formula is C13H23N3. The molecule has 3 heteroatoms. The minimum Gasteiger partial charge on any atom is -0.327 e. The average Bonchev–Trinajstić information content (AvgIpc) is 2.15. The topological polar surface area (TPSA) is 51.8 Å². The third-order valence-electron chi connectivity index (χ3n) is 2.54. The van der Waals surface area contributed by atoms with Crippen molar-refractivity contribution in [2.24, 2.45) is 11.7 Å². The Morgan fingerprint density at radius 3 is 2.50 bits per heavy atom. The highest BCUT2D eigenvalue weighted by molar-refractivity contribution is 5.11. The van der Waals surface area contributed by atoms with Crippen molar-refractivity contribution in [2.75, 3.05) is 0 Å². The van der Waals surface area contributed by atoms with Crippen LogP contribution in [0.15, 0.2) is 6.07 Å². The largest absolute Gasteiger partial charge is 0.327 e. The van der Waals surface area contributed by atoms with Gasteiger partial charge in [-0.25, -0.2) is 9.97 Å². The van der Waals surface area contributed by atoms with E-state index in [9.17, 15) is 0 Å². The SMILES string of the molecule is CCC(N)Cc1cc(C)nc(CC(C)C)n1. The Bertz CT molecular complexity index is 334. The molecule has 0 saturated carbocycles. The third kappa shape index (κ3) is 4.27. The van der Waals surface area contributed by atoms with Gasteiger partial charge in [0.05, 0.1) is 0 Å². The van der Waals surface area contributed by atoms with Crippen LogP contribution in [-0.4, -0.2) is 16.0 Å². The summed E-state index contributed by atoms with van der Waals surface area (Å²) in [6.45, 7) is 8.49. The highest BCUT2D eigenvalue weighted by Crippen LogP contribution is 2.08. The molecule has 0 radical (unpaired) electrons. The van der Waals surface area contributed by atoms with Crippen LogP contribution in [-0.2, 0) is 12.8 Å². The lowest BCUT2D eigenvalue weighted by atomic mass is 10.1. The standard InChI is InChI=1S/C13H23N3/c1-5-11(14)8-12-7-10(4)15-13(16-12)6-9(2)3/h7,9,11H,5-6,8,14H2,1-4H3. The molecule has 0 spiro atoms. The van der Waals surface area contributed by atoms with E-state index in [2.05, 4.69) is 30.7 Å². The Morgan fingerprint density at radius 1 is 1.25 bits per heavy atom. The molecule has 0 aliphatic rings. The normalized spacial score (nSPS) is 13.1. The predicted octanol–water partition coefficient (Wildman–Crippen LogP) is 2.26. The van der Waals surface area contributed by atoms with E-state index in [1.165, 1.54) is 0 Å². The molecule has 3 nitrogen and oxygen atoms in total. The van der Waals surface area contributed by atoms with Crippen LogP contribution >= 0.6 is 0 Å². The molecule has 0 bridgehead atoms. The quantitative estimate of drug-likeness (QED) is 0.829. The number of aromatic nitrogens is 2. The number of nitrogens with zero attached hydrogens (tertiary/aromatic N) is 2. The first-order chi connectivity index (χ1) is 7.51. The summed E-state index contributed by atoms with van der Waals surface area (Å²) >= 11 is 0. The Kier molecular flexibility index (Phi) is 4.87. The molecule has 0 aliphatic carbocycles. The molecule has 90 valence electrons. The molecule has 1 heterocycles. The number of hydrogen-bond donors (Lipinski definition) is 1. The summed E-state index contributed by atoms with van der Waals surface area (Å²) in [5.41, 5.74) is 8.07. The maximum atomic E-state index is 5.95. The molecule has 0 saturated heterocycles. The summed E-state index contributed by atoms with van der Waals surface area (Å²) in [6.07, 6.45) is 2.78. The van der Waals surface area contributed by atoms with E-state index in [4.69, 9.17) is 5.73 Å². The fraction of sp³-hybridized carbons (Fsp3) is 0.692. The number of rotatable bonds is 5. The maximum Gasteiger partial charge on any atom is 0.129 e. The summed E-state index contributed by atoms with van der Waals surface area (Å²) < 4.78 is 0. The zero-order valence-electron chi connectivity index (χ0n) is 10.8. The number of hydrogen-bond acceptors (Lipinski definition) is 3. The Balaban J connectivity index is 2.81. The van der Waals surface area contributed by atoms with Crippen molar-refractivity contribution in [1.82, 2.24) is 9.97 Å². The molecule has 0 amide bonds. The van der Waals surface area contributed by atoms with Crippen molar-refractivity contribution in [3.8, 4) is 0 Å². The van der Waals surface area contributed by atoms with Crippen LogP contribution in [0.25, 0.3) is 0 Å². The smallest absolute Gasteiger partial charge is 0.129 e. The van der Waals surface area contributed by atoms with Crippen LogP contribution in [0, 0.1) is 12.8 Å². The van der Waals surface area contributed by atoms with Crippen molar-refractivity contribution in [3.05, 3.63) is 23.3 Å². The van der Waals surface area contributed by atoms with Crippen LogP contribution in [0.1, 0.15) is 44.4 Å². The summed E-state index contributed by atoms with van der Waals surface area (Å²) in [4.78, 5) is 9.03. The van der Waals surface area contributed by atoms with Gasteiger partial charge in [0.25, 0.3) is 0 Å². The van der Waals surface area contributed by atoms with Crippen molar-refractivity contribution < 1.29 is 0 Å². The summed E-state index contributed by atoms with van der Waals surface area (Å²) in [7, 11) is 0. The Hall–Kier alpha value is -0.960. The van der Waals surface area contributed by atoms with Gasteiger partial charge < -0.3 is 5.73 Å². The Morgan fingerprint density at radius 2 is 1.94 bits per heavy atom. The lowest BCUT2D eigenvalue weighted by Gasteiger charge is -2.11. The summed E-state index contributed by atoms with van der Waals surface area (Å²) in [5, 5.41) is 0. The van der Waals surface area contributed by atoms with Gasteiger partial charge in [-0.3, -0.25) is 0 Å². The van der Waals surface area contributed by atoms with E-state index < -0.39 is 0 Å². The van der Waals surface area contributed by atoms with Crippen molar-refractivity contribution in [1.29, 1.82) is 0 Å². The van der Waals surface area contributed by atoms with E-state index in [1.807, 2.05) is 13.0 Å². The lowest BCUT2D eigenvalue weighted by molar-refractivity contribution is 0.601. The van der Waals surface area contributed by atoms with Gasteiger partial charge in [-0.1, -0.05) is 20.8 Å². The maximum absolute atomic E-state index is 5.95. The summed E-state index contributed by atoms with van der Waals surface area (Å²) in [6, 6.07) is 2.25. The molecule has 1 unspecified atom stereocenters.